The zero-order valence-electron chi connectivity index (χ0n) is 23.7. The van der Waals surface area contributed by atoms with Gasteiger partial charge in [0, 0.05) is 18.0 Å². The third-order valence-corrected chi connectivity index (χ3v) is 10.2. The van der Waals surface area contributed by atoms with E-state index in [9.17, 15) is 18.6 Å². The highest BCUT2D eigenvalue weighted by atomic mass is 32.2. The molecule has 0 amide bonds. The van der Waals surface area contributed by atoms with E-state index in [1.54, 1.807) is 84.1 Å². The summed E-state index contributed by atoms with van der Waals surface area (Å²) in [6, 6.07) is 37.9. The number of thiophene rings is 1. The Hall–Kier alpha value is -4.03. The zero-order valence-corrected chi connectivity index (χ0v) is 25.3. The van der Waals surface area contributed by atoms with Gasteiger partial charge in [-0.05, 0) is 52.4 Å². The lowest BCUT2D eigenvalue weighted by molar-refractivity contribution is -0.127. The fourth-order valence-electron chi connectivity index (χ4n) is 5.11. The molecule has 1 aliphatic heterocycles. The molecular weight excluding hydrogens is 597 g/mol. The van der Waals surface area contributed by atoms with Crippen LogP contribution in [0.3, 0.4) is 0 Å². The van der Waals surface area contributed by atoms with Crippen molar-refractivity contribution >= 4 is 21.5 Å². The molecule has 0 saturated carbocycles. The van der Waals surface area contributed by atoms with E-state index in [2.05, 4.69) is 0 Å². The van der Waals surface area contributed by atoms with Crippen LogP contribution in [0.25, 0.3) is 10.4 Å². The predicted octanol–water partition coefficient (Wildman–Crippen LogP) is 5.51. The summed E-state index contributed by atoms with van der Waals surface area (Å²) < 4.78 is 44.0. The second kappa shape index (κ2) is 13.3. The normalized spacial score (nSPS) is 22.2. The second-order valence-corrected chi connectivity index (χ2v) is 13.2. The molecule has 0 bridgehead atoms. The Labute approximate surface area is 261 Å². The van der Waals surface area contributed by atoms with Crippen molar-refractivity contribution in [2.45, 2.75) is 37.8 Å². The van der Waals surface area contributed by atoms with Crippen LogP contribution in [0, 0.1) is 0 Å². The standard InChI is InChI=1S/C34H32N2O6S2/c37-31-32(38)34(42-29-15-8-3-9-16-29)36(24-26-18-20-27(21-19-26)30-17-10-22-43-30)44(39,40)35(23-25-11-4-1-5-12-25)33(31)41-28-13-6-2-7-14-28/h1-22,31-34,37-38H,23-24H2/t31-,32-,33-,34-/m1/s1. The van der Waals surface area contributed by atoms with Crippen molar-refractivity contribution in [2.75, 3.05) is 0 Å². The van der Waals surface area contributed by atoms with Gasteiger partial charge in [0.2, 0.25) is 0 Å². The van der Waals surface area contributed by atoms with E-state index < -0.39 is 34.9 Å². The summed E-state index contributed by atoms with van der Waals surface area (Å²) in [6.45, 7) is -0.242. The van der Waals surface area contributed by atoms with Crippen LogP contribution >= 0.6 is 11.3 Å². The van der Waals surface area contributed by atoms with Gasteiger partial charge < -0.3 is 19.7 Å². The molecule has 0 radical (unpaired) electrons. The lowest BCUT2D eigenvalue weighted by Gasteiger charge is -2.34. The molecule has 0 aliphatic carbocycles. The second-order valence-electron chi connectivity index (χ2n) is 10.4. The van der Waals surface area contributed by atoms with Gasteiger partial charge in [-0.15, -0.1) is 19.9 Å². The summed E-state index contributed by atoms with van der Waals surface area (Å²) >= 11 is 1.62. The Morgan fingerprint density at radius 1 is 0.591 bits per heavy atom. The average molecular weight is 629 g/mol. The Morgan fingerprint density at radius 2 is 1.05 bits per heavy atom. The first-order valence-corrected chi connectivity index (χ1v) is 16.4. The van der Waals surface area contributed by atoms with Crippen LogP contribution in [0.5, 0.6) is 11.5 Å². The molecule has 1 aromatic heterocycles. The molecule has 10 heteroatoms. The maximum absolute atomic E-state index is 14.8. The number of aliphatic hydroxyl groups excluding tert-OH is 2. The number of aliphatic hydroxyl groups is 2. The smallest absolute Gasteiger partial charge is 0.288 e. The summed E-state index contributed by atoms with van der Waals surface area (Å²) in [4.78, 5) is 1.10. The zero-order chi connectivity index (χ0) is 30.5. The number of ether oxygens (including phenoxy) is 2. The van der Waals surface area contributed by atoms with Crippen LogP contribution in [0.15, 0.2) is 133 Å². The SMILES string of the molecule is O=S1(=O)N(Cc2ccccc2)[C@H](Oc2ccccc2)[C@H](O)[C@@H](O)[C@@H](Oc2ccccc2)N1Cc1ccc(-c2cccs2)cc1. The van der Waals surface area contributed by atoms with Crippen LogP contribution in [0.1, 0.15) is 11.1 Å². The summed E-state index contributed by atoms with van der Waals surface area (Å²) in [5.41, 5.74) is 2.37. The summed E-state index contributed by atoms with van der Waals surface area (Å²) in [5.74, 6) is 0.684. The average Bonchev–Trinajstić information content (AvgIpc) is 3.59. The van der Waals surface area contributed by atoms with E-state index >= 15 is 0 Å². The van der Waals surface area contributed by atoms with Crippen molar-refractivity contribution in [3.63, 3.8) is 0 Å². The molecular formula is C34H32N2O6S2. The van der Waals surface area contributed by atoms with Gasteiger partial charge in [-0.2, -0.15) is 8.42 Å². The number of hydrogen-bond donors (Lipinski definition) is 2. The van der Waals surface area contributed by atoms with Crippen molar-refractivity contribution in [1.82, 2.24) is 8.61 Å². The van der Waals surface area contributed by atoms with Crippen molar-refractivity contribution in [3.8, 4) is 21.9 Å². The van der Waals surface area contributed by atoms with Crippen LogP contribution < -0.4 is 9.47 Å². The van der Waals surface area contributed by atoms with Crippen LogP contribution in [0.2, 0.25) is 0 Å². The largest absolute Gasteiger partial charge is 0.471 e. The number of hydrogen-bond acceptors (Lipinski definition) is 7. The number of para-hydroxylation sites is 2. The van der Waals surface area contributed by atoms with Gasteiger partial charge in [0.05, 0.1) is 0 Å². The summed E-state index contributed by atoms with van der Waals surface area (Å²) in [7, 11) is -4.46. The molecule has 1 saturated heterocycles. The summed E-state index contributed by atoms with van der Waals surface area (Å²) in [5, 5.41) is 25.3. The third kappa shape index (κ3) is 6.56. The Balaban J connectivity index is 1.44. The quantitative estimate of drug-likeness (QED) is 0.223. The van der Waals surface area contributed by atoms with Gasteiger partial charge in [-0.25, -0.2) is 0 Å². The van der Waals surface area contributed by atoms with Gasteiger partial charge in [0.15, 0.2) is 12.5 Å². The minimum absolute atomic E-state index is 0.115. The first kappa shape index (κ1) is 30.0. The van der Waals surface area contributed by atoms with E-state index in [0.29, 0.717) is 22.6 Å². The lowest BCUT2D eigenvalue weighted by atomic mass is 10.1. The van der Waals surface area contributed by atoms with Gasteiger partial charge >= 0.3 is 0 Å². The number of rotatable bonds is 9. The van der Waals surface area contributed by atoms with Crippen molar-refractivity contribution in [3.05, 3.63) is 144 Å². The monoisotopic (exact) mass is 628 g/mol. The molecule has 44 heavy (non-hydrogen) atoms. The van der Waals surface area contributed by atoms with Gasteiger partial charge in [0.1, 0.15) is 23.7 Å². The highest BCUT2D eigenvalue weighted by molar-refractivity contribution is 7.86. The molecule has 1 fully saturated rings. The fourth-order valence-corrected chi connectivity index (χ4v) is 7.60. The van der Waals surface area contributed by atoms with Crippen LogP contribution in [0.4, 0.5) is 0 Å². The first-order chi connectivity index (χ1) is 21.4. The van der Waals surface area contributed by atoms with Gasteiger partial charge in [-0.1, -0.05) is 97.1 Å². The Kier molecular flexibility index (Phi) is 9.08. The molecule has 2 N–H and O–H groups in total. The van der Waals surface area contributed by atoms with Crippen LogP contribution in [-0.2, 0) is 23.3 Å². The minimum Gasteiger partial charge on any atom is -0.471 e. The van der Waals surface area contributed by atoms with E-state index in [4.69, 9.17) is 9.47 Å². The summed E-state index contributed by atoms with van der Waals surface area (Å²) in [6.07, 6.45) is -6.29. The lowest BCUT2D eigenvalue weighted by Crippen LogP contribution is -2.52. The van der Waals surface area contributed by atoms with E-state index in [1.807, 2.05) is 60.0 Å². The van der Waals surface area contributed by atoms with Crippen molar-refractivity contribution in [2.24, 2.45) is 0 Å². The molecule has 6 rings (SSSR count). The number of nitrogens with zero attached hydrogens (tertiary/aromatic N) is 2. The highest BCUT2D eigenvalue weighted by Gasteiger charge is 2.53. The maximum atomic E-state index is 14.8. The van der Waals surface area contributed by atoms with E-state index in [-0.39, 0.29) is 13.1 Å². The van der Waals surface area contributed by atoms with Crippen molar-refractivity contribution < 1.29 is 28.1 Å². The molecule has 0 spiro atoms. The minimum atomic E-state index is -4.46. The van der Waals surface area contributed by atoms with E-state index in [1.165, 1.54) is 0 Å². The molecule has 4 atom stereocenters. The third-order valence-electron chi connectivity index (χ3n) is 7.37. The molecule has 1 aliphatic rings. The molecule has 5 aromatic rings. The fraction of sp³-hybridized carbons (Fsp3) is 0.176. The Morgan fingerprint density at radius 3 is 1.50 bits per heavy atom. The topological polar surface area (TPSA) is 99.5 Å². The number of benzene rings is 4. The molecule has 0 unspecified atom stereocenters. The molecule has 226 valence electrons. The van der Waals surface area contributed by atoms with Gasteiger partial charge in [-0.3, -0.25) is 0 Å². The van der Waals surface area contributed by atoms with Crippen molar-refractivity contribution in [1.29, 1.82) is 0 Å². The van der Waals surface area contributed by atoms with Crippen LogP contribution in [-0.4, -0.2) is 51.9 Å². The highest BCUT2D eigenvalue weighted by Crippen LogP contribution is 2.33. The molecule has 4 aromatic carbocycles. The molecule has 8 nitrogen and oxygen atoms in total. The van der Waals surface area contributed by atoms with E-state index in [0.717, 1.165) is 19.1 Å². The Bertz CT molecular complexity index is 1720. The predicted molar refractivity (Wildman–Crippen MR) is 170 cm³/mol. The first-order valence-electron chi connectivity index (χ1n) is 14.1. The maximum Gasteiger partial charge on any atom is 0.288 e. The molecule has 2 heterocycles. The van der Waals surface area contributed by atoms with Gasteiger partial charge in [0.25, 0.3) is 10.2 Å².